The molecule has 0 rings (SSSR count). The van der Waals surface area contributed by atoms with E-state index in [0.29, 0.717) is 6.42 Å². The molecule has 6 heteroatoms. The van der Waals surface area contributed by atoms with E-state index in [9.17, 15) is 18.0 Å². The summed E-state index contributed by atoms with van der Waals surface area (Å²) in [6, 6.07) is -0.854. The van der Waals surface area contributed by atoms with Gasteiger partial charge in [-0.05, 0) is 6.42 Å². The molecule has 0 spiro atoms. The third-order valence-electron chi connectivity index (χ3n) is 1.24. The van der Waals surface area contributed by atoms with Gasteiger partial charge in [-0.3, -0.25) is 4.79 Å². The van der Waals surface area contributed by atoms with Crippen LogP contribution in [0.4, 0.5) is 13.2 Å². The third-order valence-corrected chi connectivity index (χ3v) is 1.24. The summed E-state index contributed by atoms with van der Waals surface area (Å²) in [6.07, 6.45) is -4.05. The molecule has 1 amide bonds. The average molecular weight is 184 g/mol. The molecule has 0 radical (unpaired) electrons. The first kappa shape index (κ1) is 11.2. The van der Waals surface area contributed by atoms with Gasteiger partial charge in [0.15, 0.2) is 0 Å². The molecule has 0 saturated heterocycles. The number of nitrogens with two attached hydrogens (primary N) is 1. The van der Waals surface area contributed by atoms with E-state index < -0.39 is 24.7 Å². The Bertz CT molecular complexity index is 157. The first-order valence-electron chi connectivity index (χ1n) is 3.47. The molecule has 0 aliphatic carbocycles. The van der Waals surface area contributed by atoms with Crippen LogP contribution in [0.25, 0.3) is 0 Å². The number of carbonyl (C=O) groups is 1. The first-order chi connectivity index (χ1) is 5.37. The monoisotopic (exact) mass is 184 g/mol. The molecule has 3 nitrogen and oxygen atoms in total. The molecule has 0 aromatic rings. The predicted octanol–water partition coefficient (Wildman–Crippen LogP) is 0.402. The van der Waals surface area contributed by atoms with E-state index in [0.717, 1.165) is 0 Å². The van der Waals surface area contributed by atoms with E-state index in [4.69, 9.17) is 5.73 Å². The van der Waals surface area contributed by atoms with Crippen molar-refractivity contribution in [1.82, 2.24) is 5.32 Å². The Labute approximate surface area is 68.1 Å². The van der Waals surface area contributed by atoms with E-state index in [2.05, 4.69) is 0 Å². The summed E-state index contributed by atoms with van der Waals surface area (Å²) >= 11 is 0. The van der Waals surface area contributed by atoms with E-state index in [-0.39, 0.29) is 0 Å². The second-order valence-corrected chi connectivity index (χ2v) is 2.35. The molecule has 0 saturated carbocycles. The molecule has 72 valence electrons. The molecule has 0 unspecified atom stereocenters. The zero-order valence-electron chi connectivity index (χ0n) is 6.61. The molecular formula is C6H11F3N2O. The number of carbonyl (C=O) groups excluding carboxylic acids is 1. The minimum Gasteiger partial charge on any atom is -0.346 e. The Kier molecular flexibility index (Phi) is 4.02. The van der Waals surface area contributed by atoms with E-state index in [1.54, 1.807) is 12.2 Å². The molecule has 0 aromatic carbocycles. The Balaban J connectivity index is 3.72. The standard InChI is InChI=1S/C6H11F3N2O/c1-2-4(10)5(12)11-3-6(7,8)9/h4H,2-3,10H2,1H3,(H,11,12)/t4-/m0/s1. The smallest absolute Gasteiger partial charge is 0.346 e. The van der Waals surface area contributed by atoms with Gasteiger partial charge in [-0.25, -0.2) is 0 Å². The Morgan fingerprint density at radius 1 is 1.58 bits per heavy atom. The molecular weight excluding hydrogens is 173 g/mol. The predicted molar refractivity (Wildman–Crippen MR) is 37.3 cm³/mol. The fourth-order valence-electron chi connectivity index (χ4n) is 0.504. The van der Waals surface area contributed by atoms with Crippen molar-refractivity contribution in [2.45, 2.75) is 25.6 Å². The summed E-state index contributed by atoms with van der Waals surface area (Å²) in [6.45, 7) is 0.303. The van der Waals surface area contributed by atoms with Gasteiger partial charge in [0.2, 0.25) is 5.91 Å². The van der Waals surface area contributed by atoms with Crippen LogP contribution in [0.15, 0.2) is 0 Å². The zero-order chi connectivity index (χ0) is 9.78. The van der Waals surface area contributed by atoms with Gasteiger partial charge in [0, 0.05) is 0 Å². The lowest BCUT2D eigenvalue weighted by Crippen LogP contribution is -2.43. The summed E-state index contributed by atoms with van der Waals surface area (Å²) < 4.78 is 34.6. The fraction of sp³-hybridized carbons (Fsp3) is 0.833. The molecule has 0 aliphatic rings. The number of alkyl halides is 3. The van der Waals surface area contributed by atoms with Gasteiger partial charge in [0.1, 0.15) is 6.54 Å². The molecule has 1 atom stereocenters. The Morgan fingerprint density at radius 2 is 2.08 bits per heavy atom. The molecule has 0 fully saturated rings. The lowest BCUT2D eigenvalue weighted by atomic mass is 10.2. The van der Waals surface area contributed by atoms with E-state index >= 15 is 0 Å². The normalized spacial score (nSPS) is 14.1. The maximum atomic E-state index is 11.5. The van der Waals surface area contributed by atoms with Gasteiger partial charge in [-0.15, -0.1) is 0 Å². The van der Waals surface area contributed by atoms with Gasteiger partial charge < -0.3 is 11.1 Å². The van der Waals surface area contributed by atoms with E-state index in [1.807, 2.05) is 0 Å². The van der Waals surface area contributed by atoms with Crippen LogP contribution in [-0.2, 0) is 4.79 Å². The highest BCUT2D eigenvalue weighted by molar-refractivity contribution is 5.81. The maximum absolute atomic E-state index is 11.5. The molecule has 12 heavy (non-hydrogen) atoms. The van der Waals surface area contributed by atoms with Crippen LogP contribution in [0.5, 0.6) is 0 Å². The van der Waals surface area contributed by atoms with Crippen LogP contribution in [0, 0.1) is 0 Å². The molecule has 0 aliphatic heterocycles. The molecule has 0 heterocycles. The SMILES string of the molecule is CC[C@H](N)C(=O)NCC(F)(F)F. The van der Waals surface area contributed by atoms with Crippen LogP contribution in [0.1, 0.15) is 13.3 Å². The summed E-state index contributed by atoms with van der Waals surface area (Å²) in [4.78, 5) is 10.7. The highest BCUT2D eigenvalue weighted by atomic mass is 19.4. The lowest BCUT2D eigenvalue weighted by molar-refractivity contribution is -0.139. The number of hydrogen-bond acceptors (Lipinski definition) is 2. The first-order valence-corrected chi connectivity index (χ1v) is 3.47. The van der Waals surface area contributed by atoms with Crippen LogP contribution in [-0.4, -0.2) is 24.7 Å². The van der Waals surface area contributed by atoms with Gasteiger partial charge in [0.25, 0.3) is 0 Å². The highest BCUT2D eigenvalue weighted by Gasteiger charge is 2.28. The second-order valence-electron chi connectivity index (χ2n) is 2.35. The summed E-state index contributed by atoms with van der Waals surface area (Å²) in [5, 5.41) is 1.68. The lowest BCUT2D eigenvalue weighted by Gasteiger charge is -2.11. The van der Waals surface area contributed by atoms with Crippen molar-refractivity contribution in [3.8, 4) is 0 Å². The molecule has 3 N–H and O–H groups in total. The third kappa shape index (κ3) is 4.95. The zero-order valence-corrected chi connectivity index (χ0v) is 6.61. The fourth-order valence-corrected chi connectivity index (χ4v) is 0.504. The second kappa shape index (κ2) is 4.30. The van der Waals surface area contributed by atoms with Gasteiger partial charge in [-0.1, -0.05) is 6.92 Å². The maximum Gasteiger partial charge on any atom is 0.405 e. The van der Waals surface area contributed by atoms with Crippen LogP contribution in [0.2, 0.25) is 0 Å². The van der Waals surface area contributed by atoms with Crippen LogP contribution in [0.3, 0.4) is 0 Å². The quantitative estimate of drug-likeness (QED) is 0.667. The molecule has 0 aromatic heterocycles. The van der Waals surface area contributed by atoms with Crippen molar-refractivity contribution in [1.29, 1.82) is 0 Å². The molecule has 0 bridgehead atoms. The number of nitrogens with one attached hydrogen (secondary N) is 1. The van der Waals surface area contributed by atoms with Crippen molar-refractivity contribution in [2.24, 2.45) is 5.73 Å². The van der Waals surface area contributed by atoms with Crippen LogP contribution >= 0.6 is 0 Å². The summed E-state index contributed by atoms with van der Waals surface area (Å²) in [5.74, 6) is -0.769. The average Bonchev–Trinajstić information content (AvgIpc) is 1.97. The van der Waals surface area contributed by atoms with Gasteiger partial charge in [-0.2, -0.15) is 13.2 Å². The van der Waals surface area contributed by atoms with Crippen molar-refractivity contribution >= 4 is 5.91 Å². The summed E-state index contributed by atoms with van der Waals surface area (Å²) in [7, 11) is 0. The number of amides is 1. The minimum absolute atomic E-state index is 0.323. The Morgan fingerprint density at radius 3 is 2.42 bits per heavy atom. The largest absolute Gasteiger partial charge is 0.405 e. The van der Waals surface area contributed by atoms with Gasteiger partial charge >= 0.3 is 6.18 Å². The van der Waals surface area contributed by atoms with Crippen molar-refractivity contribution in [3.63, 3.8) is 0 Å². The van der Waals surface area contributed by atoms with E-state index in [1.165, 1.54) is 0 Å². The van der Waals surface area contributed by atoms with Gasteiger partial charge in [0.05, 0.1) is 6.04 Å². The van der Waals surface area contributed by atoms with Crippen molar-refractivity contribution in [3.05, 3.63) is 0 Å². The highest BCUT2D eigenvalue weighted by Crippen LogP contribution is 2.12. The topological polar surface area (TPSA) is 55.1 Å². The number of halogens is 3. The van der Waals surface area contributed by atoms with Crippen LogP contribution < -0.4 is 11.1 Å². The van der Waals surface area contributed by atoms with Crippen molar-refractivity contribution in [2.75, 3.05) is 6.54 Å². The summed E-state index contributed by atoms with van der Waals surface area (Å²) in [5.41, 5.74) is 5.17. The Hall–Kier alpha value is -0.780. The number of rotatable bonds is 3. The number of hydrogen-bond donors (Lipinski definition) is 2. The minimum atomic E-state index is -4.37. The van der Waals surface area contributed by atoms with Crippen molar-refractivity contribution < 1.29 is 18.0 Å².